The van der Waals surface area contributed by atoms with Gasteiger partial charge in [0.1, 0.15) is 5.60 Å². The molecule has 3 aliphatic rings. The summed E-state index contributed by atoms with van der Waals surface area (Å²) >= 11 is 0. The lowest BCUT2D eigenvalue weighted by Crippen LogP contribution is -2.61. The Morgan fingerprint density at radius 1 is 1.17 bits per heavy atom. The SMILES string of the molecule is COc1ccnc(N2CCC3(CC2)OCCN(CC2=CCc4ccccc42)C3=O)n1. The Kier molecular flexibility index (Phi) is 4.90. The van der Waals surface area contributed by atoms with Crippen LogP contribution in [-0.4, -0.2) is 66.3 Å². The highest BCUT2D eigenvalue weighted by Crippen LogP contribution is 2.35. The highest BCUT2D eigenvalue weighted by molar-refractivity contribution is 5.88. The molecule has 2 aromatic rings. The Morgan fingerprint density at radius 2 is 2.00 bits per heavy atom. The maximum Gasteiger partial charge on any atom is 0.255 e. The Bertz CT molecular complexity index is 982. The van der Waals surface area contributed by atoms with E-state index in [4.69, 9.17) is 9.47 Å². The number of methoxy groups -OCH3 is 1. The van der Waals surface area contributed by atoms with Crippen molar-refractivity contribution in [2.75, 3.05) is 44.8 Å². The minimum Gasteiger partial charge on any atom is -0.481 e. The van der Waals surface area contributed by atoms with E-state index in [9.17, 15) is 4.79 Å². The topological polar surface area (TPSA) is 67.8 Å². The van der Waals surface area contributed by atoms with Crippen LogP contribution in [0.2, 0.25) is 0 Å². The molecule has 5 rings (SSSR count). The molecule has 0 saturated carbocycles. The summed E-state index contributed by atoms with van der Waals surface area (Å²) in [5, 5.41) is 0. The summed E-state index contributed by atoms with van der Waals surface area (Å²) in [6, 6.07) is 10.2. The number of anilines is 1. The molecule has 1 spiro atoms. The van der Waals surface area contributed by atoms with E-state index in [1.807, 2.05) is 4.90 Å². The van der Waals surface area contributed by atoms with Gasteiger partial charge in [-0.3, -0.25) is 4.79 Å². The van der Waals surface area contributed by atoms with Crippen molar-refractivity contribution in [2.24, 2.45) is 0 Å². The van der Waals surface area contributed by atoms with Gasteiger partial charge in [0.2, 0.25) is 11.8 Å². The first kappa shape index (κ1) is 19.1. The number of fused-ring (bicyclic) bond motifs is 1. The first-order valence-corrected chi connectivity index (χ1v) is 10.5. The minimum absolute atomic E-state index is 0.116. The second-order valence-corrected chi connectivity index (χ2v) is 8.05. The molecule has 0 unspecified atom stereocenters. The van der Waals surface area contributed by atoms with E-state index in [0.29, 0.717) is 57.5 Å². The summed E-state index contributed by atoms with van der Waals surface area (Å²) in [6.07, 6.45) is 6.17. The average molecular weight is 406 g/mol. The first-order chi connectivity index (χ1) is 14.7. The third-order valence-electron chi connectivity index (χ3n) is 6.39. The molecular formula is C23H26N4O3. The van der Waals surface area contributed by atoms with Gasteiger partial charge in [-0.2, -0.15) is 4.98 Å². The van der Waals surface area contributed by atoms with E-state index in [2.05, 4.69) is 45.2 Å². The van der Waals surface area contributed by atoms with E-state index in [0.717, 1.165) is 6.42 Å². The van der Waals surface area contributed by atoms with E-state index in [1.54, 1.807) is 19.4 Å². The number of aromatic nitrogens is 2. The molecule has 2 fully saturated rings. The Labute approximate surface area is 176 Å². The van der Waals surface area contributed by atoms with Gasteiger partial charge in [0.25, 0.3) is 5.91 Å². The molecule has 1 aliphatic carbocycles. The molecule has 1 aromatic heterocycles. The predicted molar refractivity (Wildman–Crippen MR) is 113 cm³/mol. The molecular weight excluding hydrogens is 380 g/mol. The van der Waals surface area contributed by atoms with Crippen LogP contribution in [0, 0.1) is 0 Å². The molecule has 3 heterocycles. The standard InChI is InChI=1S/C23H26N4O3/c1-29-20-8-11-24-22(25-20)26-12-9-23(10-13-26)21(28)27(14-15-30-23)16-18-7-6-17-4-2-3-5-19(17)18/h2-5,7-8,11H,6,9-10,12-16H2,1H3. The average Bonchev–Trinajstić information content (AvgIpc) is 3.20. The van der Waals surface area contributed by atoms with Crippen LogP contribution in [-0.2, 0) is 16.0 Å². The molecule has 30 heavy (non-hydrogen) atoms. The van der Waals surface area contributed by atoms with Crippen molar-refractivity contribution in [2.45, 2.75) is 24.9 Å². The second kappa shape index (κ2) is 7.72. The molecule has 0 atom stereocenters. The molecule has 7 nitrogen and oxygen atoms in total. The highest BCUT2D eigenvalue weighted by atomic mass is 16.5. The highest BCUT2D eigenvalue weighted by Gasteiger charge is 2.47. The van der Waals surface area contributed by atoms with Crippen LogP contribution in [0.4, 0.5) is 5.95 Å². The molecule has 2 aliphatic heterocycles. The molecule has 1 amide bonds. The summed E-state index contributed by atoms with van der Waals surface area (Å²) in [4.78, 5) is 26.3. The smallest absolute Gasteiger partial charge is 0.255 e. The van der Waals surface area contributed by atoms with Crippen LogP contribution in [0.15, 0.2) is 42.6 Å². The molecule has 156 valence electrons. The zero-order valence-electron chi connectivity index (χ0n) is 17.2. The van der Waals surface area contributed by atoms with Crippen molar-refractivity contribution in [3.63, 3.8) is 0 Å². The Morgan fingerprint density at radius 3 is 2.83 bits per heavy atom. The summed E-state index contributed by atoms with van der Waals surface area (Å²) < 4.78 is 11.3. The van der Waals surface area contributed by atoms with Crippen molar-refractivity contribution in [1.29, 1.82) is 0 Å². The lowest BCUT2D eigenvalue weighted by atomic mass is 9.88. The third kappa shape index (κ3) is 3.33. The van der Waals surface area contributed by atoms with Crippen molar-refractivity contribution in [1.82, 2.24) is 14.9 Å². The number of nitrogens with zero attached hydrogens (tertiary/aromatic N) is 4. The number of rotatable bonds is 4. The van der Waals surface area contributed by atoms with E-state index in [1.165, 1.54) is 16.7 Å². The monoisotopic (exact) mass is 406 g/mol. The summed E-state index contributed by atoms with van der Waals surface area (Å²) in [5.41, 5.74) is 3.13. The predicted octanol–water partition coefficient (Wildman–Crippen LogP) is 2.32. The molecule has 0 radical (unpaired) electrons. The minimum atomic E-state index is -0.730. The fourth-order valence-corrected chi connectivity index (χ4v) is 4.69. The second-order valence-electron chi connectivity index (χ2n) is 8.05. The fraction of sp³-hybridized carbons (Fsp3) is 0.435. The number of carbonyl (C=O) groups is 1. The first-order valence-electron chi connectivity index (χ1n) is 10.5. The Hall–Kier alpha value is -2.93. The van der Waals surface area contributed by atoms with Gasteiger partial charge < -0.3 is 19.3 Å². The number of piperidine rings is 1. The van der Waals surface area contributed by atoms with Gasteiger partial charge in [0.15, 0.2) is 0 Å². The molecule has 0 bridgehead atoms. The van der Waals surface area contributed by atoms with Crippen LogP contribution in [0.3, 0.4) is 0 Å². The Balaban J connectivity index is 1.27. The molecule has 7 heteroatoms. The van der Waals surface area contributed by atoms with E-state index >= 15 is 0 Å². The number of benzene rings is 1. The van der Waals surface area contributed by atoms with Crippen LogP contribution in [0.1, 0.15) is 24.0 Å². The largest absolute Gasteiger partial charge is 0.481 e. The van der Waals surface area contributed by atoms with Crippen molar-refractivity contribution >= 4 is 17.4 Å². The van der Waals surface area contributed by atoms with Crippen LogP contribution < -0.4 is 9.64 Å². The van der Waals surface area contributed by atoms with Gasteiger partial charge in [0, 0.05) is 51.3 Å². The van der Waals surface area contributed by atoms with E-state index < -0.39 is 5.60 Å². The summed E-state index contributed by atoms with van der Waals surface area (Å²) in [6.45, 7) is 3.24. The van der Waals surface area contributed by atoms with Gasteiger partial charge >= 0.3 is 0 Å². The van der Waals surface area contributed by atoms with Crippen LogP contribution >= 0.6 is 0 Å². The van der Waals surface area contributed by atoms with E-state index in [-0.39, 0.29) is 5.91 Å². The number of hydrogen-bond acceptors (Lipinski definition) is 6. The number of amides is 1. The van der Waals surface area contributed by atoms with Gasteiger partial charge in [0.05, 0.1) is 13.7 Å². The van der Waals surface area contributed by atoms with Crippen LogP contribution in [0.5, 0.6) is 5.88 Å². The molecule has 2 saturated heterocycles. The molecule has 1 aromatic carbocycles. The zero-order chi connectivity index (χ0) is 20.6. The maximum absolute atomic E-state index is 13.4. The fourth-order valence-electron chi connectivity index (χ4n) is 4.69. The van der Waals surface area contributed by atoms with Gasteiger partial charge in [-0.15, -0.1) is 0 Å². The van der Waals surface area contributed by atoms with Crippen molar-refractivity contribution in [3.05, 3.63) is 53.7 Å². The number of morpholine rings is 1. The number of ether oxygens (including phenoxy) is 2. The summed E-state index contributed by atoms with van der Waals surface area (Å²) in [5.74, 6) is 1.30. The van der Waals surface area contributed by atoms with Crippen molar-refractivity contribution < 1.29 is 14.3 Å². The van der Waals surface area contributed by atoms with Gasteiger partial charge in [-0.05, 0) is 23.1 Å². The van der Waals surface area contributed by atoms with Gasteiger partial charge in [-0.25, -0.2) is 4.98 Å². The summed E-state index contributed by atoms with van der Waals surface area (Å²) in [7, 11) is 1.60. The number of carbonyl (C=O) groups excluding carboxylic acids is 1. The lowest BCUT2D eigenvalue weighted by molar-refractivity contribution is -0.174. The maximum atomic E-state index is 13.4. The molecule has 0 N–H and O–H groups in total. The quantitative estimate of drug-likeness (QED) is 0.776. The van der Waals surface area contributed by atoms with Crippen molar-refractivity contribution in [3.8, 4) is 5.88 Å². The third-order valence-corrected chi connectivity index (χ3v) is 6.39. The van der Waals surface area contributed by atoms with Gasteiger partial charge in [-0.1, -0.05) is 30.3 Å². The normalized spacial score (nSPS) is 20.3. The number of hydrogen-bond donors (Lipinski definition) is 0. The number of allylic oxidation sites excluding steroid dienone is 1. The lowest BCUT2D eigenvalue weighted by Gasteiger charge is -2.46. The zero-order valence-corrected chi connectivity index (χ0v) is 17.2. The van der Waals surface area contributed by atoms with Crippen LogP contribution in [0.25, 0.3) is 5.57 Å².